The van der Waals surface area contributed by atoms with Crippen LogP contribution in [-0.2, 0) is 6.42 Å². The molecule has 90 valence electrons. The lowest BCUT2D eigenvalue weighted by Gasteiger charge is -2.21. The van der Waals surface area contributed by atoms with Crippen LogP contribution >= 0.6 is 11.6 Å². The van der Waals surface area contributed by atoms with Gasteiger partial charge < -0.3 is 5.32 Å². The summed E-state index contributed by atoms with van der Waals surface area (Å²) in [6, 6.07) is 7.07. The maximum atomic E-state index is 6.01. The minimum atomic E-state index is 0.423. The summed E-state index contributed by atoms with van der Waals surface area (Å²) in [5.74, 6) is 2.74. The van der Waals surface area contributed by atoms with E-state index in [1.165, 1.54) is 11.1 Å². The highest BCUT2D eigenvalue weighted by Gasteiger charge is 2.23. The number of hydrogen-bond donors (Lipinski definition) is 1. The fourth-order valence-corrected chi connectivity index (χ4v) is 2.70. The molecule has 0 bridgehead atoms. The van der Waals surface area contributed by atoms with Crippen LogP contribution in [-0.4, -0.2) is 6.04 Å². The second kappa shape index (κ2) is 5.58. The minimum Gasteiger partial charge on any atom is -0.306 e. The fourth-order valence-electron chi connectivity index (χ4n) is 2.51. The molecule has 0 aromatic heterocycles. The van der Waals surface area contributed by atoms with Gasteiger partial charge in [0.15, 0.2) is 0 Å². The summed E-state index contributed by atoms with van der Waals surface area (Å²) >= 11 is 6.01. The van der Waals surface area contributed by atoms with Gasteiger partial charge in [-0.15, -0.1) is 12.3 Å². The molecule has 0 fully saturated rings. The Morgan fingerprint density at radius 1 is 1.59 bits per heavy atom. The Morgan fingerprint density at radius 3 is 3.12 bits per heavy atom. The monoisotopic (exact) mass is 247 g/mol. The summed E-state index contributed by atoms with van der Waals surface area (Å²) in [5.41, 5.74) is 2.77. The molecule has 1 aromatic carbocycles. The Hall–Kier alpha value is -0.970. The van der Waals surface area contributed by atoms with Crippen molar-refractivity contribution in [3.63, 3.8) is 0 Å². The van der Waals surface area contributed by atoms with Crippen molar-refractivity contribution in [3.8, 4) is 12.3 Å². The number of terminal acetylenes is 1. The molecule has 2 atom stereocenters. The van der Waals surface area contributed by atoms with Crippen molar-refractivity contribution >= 4 is 11.6 Å². The lowest BCUT2D eigenvalue weighted by atomic mass is 10.1. The Morgan fingerprint density at radius 2 is 2.41 bits per heavy atom. The third-order valence-corrected chi connectivity index (χ3v) is 3.71. The summed E-state index contributed by atoms with van der Waals surface area (Å²) in [4.78, 5) is 0. The van der Waals surface area contributed by atoms with Crippen molar-refractivity contribution < 1.29 is 0 Å². The molecule has 0 amide bonds. The van der Waals surface area contributed by atoms with Gasteiger partial charge in [0.05, 0.1) is 0 Å². The standard InChI is InChI=1S/C15H18ClN/c1-3-5-13(4-2)17-15-9-6-11-10-12(16)7-8-14(11)15/h1,7-8,10,13,15,17H,4-6,9H2,2H3. The van der Waals surface area contributed by atoms with Crippen LogP contribution in [0.3, 0.4) is 0 Å². The highest BCUT2D eigenvalue weighted by atomic mass is 35.5. The van der Waals surface area contributed by atoms with Crippen molar-refractivity contribution in [2.24, 2.45) is 0 Å². The molecule has 1 aliphatic rings. The van der Waals surface area contributed by atoms with E-state index < -0.39 is 0 Å². The SMILES string of the molecule is C#CCC(CC)NC1CCc2cc(Cl)ccc21. The first-order valence-corrected chi connectivity index (χ1v) is 6.60. The van der Waals surface area contributed by atoms with Gasteiger partial charge in [-0.05, 0) is 42.5 Å². The largest absolute Gasteiger partial charge is 0.306 e. The molecule has 17 heavy (non-hydrogen) atoms. The van der Waals surface area contributed by atoms with E-state index in [0.717, 1.165) is 30.7 Å². The molecule has 2 unspecified atom stereocenters. The van der Waals surface area contributed by atoms with Crippen LogP contribution in [0.2, 0.25) is 5.02 Å². The van der Waals surface area contributed by atoms with E-state index >= 15 is 0 Å². The lowest BCUT2D eigenvalue weighted by molar-refractivity contribution is 0.427. The number of rotatable bonds is 4. The first-order valence-electron chi connectivity index (χ1n) is 6.22. The normalized spacial score (nSPS) is 19.7. The maximum Gasteiger partial charge on any atom is 0.0408 e. The molecule has 2 rings (SSSR count). The van der Waals surface area contributed by atoms with Crippen LogP contribution in [0.5, 0.6) is 0 Å². The zero-order valence-corrected chi connectivity index (χ0v) is 10.9. The molecular weight excluding hydrogens is 230 g/mol. The smallest absolute Gasteiger partial charge is 0.0408 e. The molecule has 0 saturated carbocycles. The molecule has 2 heteroatoms. The second-order valence-electron chi connectivity index (χ2n) is 4.61. The van der Waals surface area contributed by atoms with E-state index in [1.807, 2.05) is 6.07 Å². The first kappa shape index (κ1) is 12.5. The van der Waals surface area contributed by atoms with E-state index in [9.17, 15) is 0 Å². The molecule has 1 nitrogen and oxygen atoms in total. The number of halogens is 1. The Labute approximate surface area is 109 Å². The van der Waals surface area contributed by atoms with Crippen molar-refractivity contribution in [3.05, 3.63) is 34.3 Å². The summed E-state index contributed by atoms with van der Waals surface area (Å²) in [6.07, 6.45) is 9.52. The molecule has 0 spiro atoms. The van der Waals surface area contributed by atoms with Crippen LogP contribution < -0.4 is 5.32 Å². The Kier molecular flexibility index (Phi) is 4.10. The third-order valence-electron chi connectivity index (χ3n) is 3.48. The number of aryl methyl sites for hydroxylation is 1. The van der Waals surface area contributed by atoms with Crippen molar-refractivity contribution in [1.82, 2.24) is 5.32 Å². The fraction of sp³-hybridized carbons (Fsp3) is 0.467. The molecule has 0 heterocycles. The predicted octanol–water partition coefficient (Wildman–Crippen LogP) is 3.72. The van der Waals surface area contributed by atoms with E-state index in [4.69, 9.17) is 18.0 Å². The van der Waals surface area contributed by atoms with Crippen LogP contribution in [0.1, 0.15) is 43.4 Å². The Bertz CT molecular complexity index is 433. The summed E-state index contributed by atoms with van der Waals surface area (Å²) in [5, 5.41) is 4.49. The zero-order valence-electron chi connectivity index (χ0n) is 10.2. The third kappa shape index (κ3) is 2.83. The van der Waals surface area contributed by atoms with Gasteiger partial charge in [-0.25, -0.2) is 0 Å². The van der Waals surface area contributed by atoms with Gasteiger partial charge in [0.2, 0.25) is 0 Å². The van der Waals surface area contributed by atoms with E-state index in [1.54, 1.807) is 0 Å². The van der Waals surface area contributed by atoms with Gasteiger partial charge in [0, 0.05) is 23.5 Å². The van der Waals surface area contributed by atoms with Crippen molar-refractivity contribution in [2.75, 3.05) is 0 Å². The highest BCUT2D eigenvalue weighted by Crippen LogP contribution is 2.33. The maximum absolute atomic E-state index is 6.01. The van der Waals surface area contributed by atoms with E-state index in [0.29, 0.717) is 12.1 Å². The lowest BCUT2D eigenvalue weighted by Crippen LogP contribution is -2.31. The molecule has 1 aromatic rings. The minimum absolute atomic E-state index is 0.423. The zero-order chi connectivity index (χ0) is 12.3. The molecular formula is C15H18ClN. The number of hydrogen-bond acceptors (Lipinski definition) is 1. The van der Waals surface area contributed by atoms with Crippen LogP contribution in [0, 0.1) is 12.3 Å². The second-order valence-corrected chi connectivity index (χ2v) is 5.05. The van der Waals surface area contributed by atoms with E-state index in [2.05, 4.69) is 30.3 Å². The van der Waals surface area contributed by atoms with E-state index in [-0.39, 0.29) is 0 Å². The average Bonchev–Trinajstić information content (AvgIpc) is 2.71. The molecule has 0 aliphatic heterocycles. The van der Waals surface area contributed by atoms with Gasteiger partial charge >= 0.3 is 0 Å². The topological polar surface area (TPSA) is 12.0 Å². The molecule has 0 radical (unpaired) electrons. The highest BCUT2D eigenvalue weighted by molar-refractivity contribution is 6.30. The van der Waals surface area contributed by atoms with Crippen LogP contribution in [0.15, 0.2) is 18.2 Å². The first-order chi connectivity index (χ1) is 8.24. The predicted molar refractivity (Wildman–Crippen MR) is 73.2 cm³/mol. The van der Waals surface area contributed by atoms with Crippen LogP contribution in [0.4, 0.5) is 0 Å². The van der Waals surface area contributed by atoms with Gasteiger partial charge in [-0.2, -0.15) is 0 Å². The summed E-state index contributed by atoms with van der Waals surface area (Å²) in [6.45, 7) is 2.17. The summed E-state index contributed by atoms with van der Waals surface area (Å²) in [7, 11) is 0. The quantitative estimate of drug-likeness (QED) is 0.800. The molecule has 1 N–H and O–H groups in total. The molecule has 0 saturated heterocycles. The van der Waals surface area contributed by atoms with Gasteiger partial charge in [0.25, 0.3) is 0 Å². The Balaban J connectivity index is 2.09. The van der Waals surface area contributed by atoms with Crippen molar-refractivity contribution in [2.45, 2.75) is 44.7 Å². The van der Waals surface area contributed by atoms with Gasteiger partial charge in [-0.3, -0.25) is 0 Å². The molecule has 1 aliphatic carbocycles. The van der Waals surface area contributed by atoms with Gasteiger partial charge in [-0.1, -0.05) is 24.6 Å². The summed E-state index contributed by atoms with van der Waals surface area (Å²) < 4.78 is 0. The number of nitrogens with one attached hydrogen (secondary N) is 1. The average molecular weight is 248 g/mol. The number of benzene rings is 1. The number of fused-ring (bicyclic) bond motifs is 1. The van der Waals surface area contributed by atoms with Crippen molar-refractivity contribution in [1.29, 1.82) is 0 Å². The van der Waals surface area contributed by atoms with Gasteiger partial charge in [0.1, 0.15) is 0 Å². The van der Waals surface area contributed by atoms with Crippen LogP contribution in [0.25, 0.3) is 0 Å².